The number of fused-ring (bicyclic) bond motifs is 1. The van der Waals surface area contributed by atoms with Gasteiger partial charge < -0.3 is 4.98 Å². The quantitative estimate of drug-likeness (QED) is 0.274. The first-order chi connectivity index (χ1) is 16.5. The summed E-state index contributed by atoms with van der Waals surface area (Å²) in [6, 6.07) is 19.9. The number of hydrogen-bond acceptors (Lipinski definition) is 4. The molecule has 0 fully saturated rings. The first-order valence-corrected chi connectivity index (χ1v) is 11.6. The number of nitrogens with one attached hydrogen (secondary N) is 3. The molecule has 0 aliphatic rings. The van der Waals surface area contributed by atoms with E-state index in [-0.39, 0.29) is 11.8 Å². The van der Waals surface area contributed by atoms with E-state index in [1.807, 2.05) is 75.5 Å². The number of hydrogen-bond donors (Lipinski definition) is 3. The Kier molecular flexibility index (Phi) is 7.32. The molecule has 34 heavy (non-hydrogen) atoms. The first-order valence-electron chi connectivity index (χ1n) is 11.6. The smallest absolute Gasteiger partial charge is 0.234 e. The van der Waals surface area contributed by atoms with Crippen LogP contribution in [-0.4, -0.2) is 33.4 Å². The molecule has 0 aliphatic carbocycles. The Hall–Kier alpha value is -4.00. The van der Waals surface area contributed by atoms with Gasteiger partial charge in [0.25, 0.3) is 0 Å². The number of nitrogens with zero attached hydrogens (tertiary/aromatic N) is 3. The minimum atomic E-state index is -0.276. The Bertz CT molecular complexity index is 1270. The van der Waals surface area contributed by atoms with Gasteiger partial charge in [0.15, 0.2) is 0 Å². The molecule has 0 spiro atoms. The second kappa shape index (κ2) is 10.7. The molecule has 0 radical (unpaired) electrons. The molecule has 0 saturated heterocycles. The zero-order valence-corrected chi connectivity index (χ0v) is 19.8. The number of para-hydroxylation sites is 1. The van der Waals surface area contributed by atoms with Gasteiger partial charge in [-0.15, -0.1) is 0 Å². The summed E-state index contributed by atoms with van der Waals surface area (Å²) in [6.07, 6.45) is 3.43. The number of guanidine groups is 1. The van der Waals surface area contributed by atoms with E-state index in [0.29, 0.717) is 24.9 Å². The Morgan fingerprint density at radius 3 is 2.47 bits per heavy atom. The average molecular weight is 455 g/mol. The molecule has 3 N–H and O–H groups in total. The van der Waals surface area contributed by atoms with Gasteiger partial charge in [0.1, 0.15) is 0 Å². The summed E-state index contributed by atoms with van der Waals surface area (Å²) in [6.45, 7) is 6.33. The van der Waals surface area contributed by atoms with Crippen LogP contribution in [0.2, 0.25) is 0 Å². The highest BCUT2D eigenvalue weighted by atomic mass is 16.2. The summed E-state index contributed by atoms with van der Waals surface area (Å²) in [5.41, 5.74) is 4.95. The number of aryl methyl sites for hydroxylation is 2. The molecule has 2 heterocycles. The standard InChI is InChI=1S/C27H30N6O/c1-4-22(20-10-6-5-7-11-20)25(34)32-26(33-27-30-18(2)16-19(3)31-27)28-15-14-21-17-29-24-13-9-8-12-23(21)24/h5-13,16-17,22,29H,4,14-15H2,1-3H3,(H2,28,30,31,32,33,34)/t22-/m0/s1. The number of H-pyrrole nitrogens is 1. The zero-order chi connectivity index (χ0) is 23.9. The molecule has 0 saturated carbocycles. The van der Waals surface area contributed by atoms with Crippen LogP contribution in [0.15, 0.2) is 71.9 Å². The number of aromatic nitrogens is 3. The minimum absolute atomic E-state index is 0.114. The van der Waals surface area contributed by atoms with Gasteiger partial charge in [0.2, 0.25) is 17.8 Å². The van der Waals surface area contributed by atoms with E-state index in [9.17, 15) is 4.79 Å². The predicted molar refractivity (Wildman–Crippen MR) is 137 cm³/mol. The molecular weight excluding hydrogens is 424 g/mol. The van der Waals surface area contributed by atoms with Gasteiger partial charge in [0, 0.05) is 35.0 Å². The highest BCUT2D eigenvalue weighted by Gasteiger charge is 2.20. The van der Waals surface area contributed by atoms with Gasteiger partial charge >= 0.3 is 0 Å². The van der Waals surface area contributed by atoms with Crippen molar-refractivity contribution in [2.45, 2.75) is 39.5 Å². The van der Waals surface area contributed by atoms with Crippen molar-refractivity contribution in [1.82, 2.24) is 20.3 Å². The van der Waals surface area contributed by atoms with E-state index >= 15 is 0 Å². The fraction of sp³-hybridized carbons (Fsp3) is 0.259. The molecule has 174 valence electrons. The topological polar surface area (TPSA) is 95.1 Å². The van der Waals surface area contributed by atoms with E-state index in [0.717, 1.165) is 28.9 Å². The number of aliphatic imine (C=N–C) groups is 1. The summed E-state index contributed by atoms with van der Waals surface area (Å²) in [4.78, 5) is 30.1. The third-order valence-corrected chi connectivity index (χ3v) is 5.71. The van der Waals surface area contributed by atoms with E-state index in [1.54, 1.807) is 0 Å². The summed E-state index contributed by atoms with van der Waals surface area (Å²) >= 11 is 0. The third-order valence-electron chi connectivity index (χ3n) is 5.71. The highest BCUT2D eigenvalue weighted by molar-refractivity contribution is 6.05. The molecule has 4 aromatic rings. The fourth-order valence-corrected chi connectivity index (χ4v) is 4.09. The molecule has 0 unspecified atom stereocenters. The molecule has 7 heteroatoms. The van der Waals surface area contributed by atoms with Crippen LogP contribution in [-0.2, 0) is 11.2 Å². The first kappa shape index (κ1) is 23.2. The van der Waals surface area contributed by atoms with Crippen molar-refractivity contribution in [3.05, 3.63) is 89.4 Å². The number of aromatic amines is 1. The van der Waals surface area contributed by atoms with Crippen LogP contribution in [0.1, 0.15) is 41.8 Å². The van der Waals surface area contributed by atoms with Crippen LogP contribution >= 0.6 is 0 Å². The lowest BCUT2D eigenvalue weighted by Gasteiger charge is -2.17. The van der Waals surface area contributed by atoms with Crippen LogP contribution < -0.4 is 10.6 Å². The van der Waals surface area contributed by atoms with Crippen molar-refractivity contribution in [3.63, 3.8) is 0 Å². The summed E-state index contributed by atoms with van der Waals surface area (Å²) < 4.78 is 0. The molecule has 2 aromatic heterocycles. The molecule has 0 bridgehead atoms. The number of carbonyl (C=O) groups excluding carboxylic acids is 1. The number of benzene rings is 2. The maximum Gasteiger partial charge on any atom is 0.234 e. The van der Waals surface area contributed by atoms with Gasteiger partial charge in [-0.2, -0.15) is 0 Å². The normalized spacial score (nSPS) is 12.5. The number of carbonyl (C=O) groups is 1. The predicted octanol–water partition coefficient (Wildman–Crippen LogP) is 4.90. The van der Waals surface area contributed by atoms with E-state index in [2.05, 4.69) is 37.7 Å². The Labute approximate surface area is 199 Å². The SMILES string of the molecule is CC[C@H](C(=O)NC(=NCCc1c[nH]c2ccccc12)Nc1nc(C)cc(C)n1)c1ccccc1. The minimum Gasteiger partial charge on any atom is -0.361 e. The van der Waals surface area contributed by atoms with Crippen molar-refractivity contribution >= 4 is 28.7 Å². The molecule has 2 aromatic carbocycles. The number of anilines is 1. The molecule has 7 nitrogen and oxygen atoms in total. The summed E-state index contributed by atoms with van der Waals surface area (Å²) in [5.74, 6) is 0.374. The summed E-state index contributed by atoms with van der Waals surface area (Å²) in [5, 5.41) is 7.29. The third kappa shape index (κ3) is 5.67. The van der Waals surface area contributed by atoms with E-state index < -0.39 is 0 Å². The van der Waals surface area contributed by atoms with Gasteiger partial charge in [-0.25, -0.2) is 9.97 Å². The largest absolute Gasteiger partial charge is 0.361 e. The maximum absolute atomic E-state index is 13.2. The number of amides is 1. The lowest BCUT2D eigenvalue weighted by molar-refractivity contribution is -0.121. The van der Waals surface area contributed by atoms with Crippen LogP contribution in [0.25, 0.3) is 10.9 Å². The second-order valence-electron chi connectivity index (χ2n) is 8.30. The Balaban J connectivity index is 1.54. The van der Waals surface area contributed by atoms with Crippen molar-refractivity contribution in [2.24, 2.45) is 4.99 Å². The second-order valence-corrected chi connectivity index (χ2v) is 8.30. The van der Waals surface area contributed by atoms with Gasteiger partial charge in [0.05, 0.1) is 5.92 Å². The van der Waals surface area contributed by atoms with Crippen molar-refractivity contribution in [3.8, 4) is 0 Å². The molecule has 4 rings (SSSR count). The van der Waals surface area contributed by atoms with Crippen molar-refractivity contribution in [2.75, 3.05) is 11.9 Å². The van der Waals surface area contributed by atoms with Crippen molar-refractivity contribution in [1.29, 1.82) is 0 Å². The van der Waals surface area contributed by atoms with Crippen LogP contribution in [0.5, 0.6) is 0 Å². The molecule has 1 atom stereocenters. The molecule has 1 amide bonds. The van der Waals surface area contributed by atoms with Crippen LogP contribution in [0.4, 0.5) is 5.95 Å². The Morgan fingerprint density at radius 2 is 1.74 bits per heavy atom. The number of rotatable bonds is 7. The van der Waals surface area contributed by atoms with Gasteiger partial charge in [-0.3, -0.25) is 20.4 Å². The van der Waals surface area contributed by atoms with Gasteiger partial charge in [-0.1, -0.05) is 55.5 Å². The monoisotopic (exact) mass is 454 g/mol. The van der Waals surface area contributed by atoms with E-state index in [1.165, 1.54) is 10.9 Å². The lowest BCUT2D eigenvalue weighted by atomic mass is 9.96. The zero-order valence-electron chi connectivity index (χ0n) is 19.8. The summed E-state index contributed by atoms with van der Waals surface area (Å²) in [7, 11) is 0. The molecular formula is C27H30N6O. The van der Waals surface area contributed by atoms with E-state index in [4.69, 9.17) is 4.99 Å². The fourth-order valence-electron chi connectivity index (χ4n) is 4.09. The lowest BCUT2D eigenvalue weighted by Crippen LogP contribution is -2.39. The van der Waals surface area contributed by atoms with Crippen LogP contribution in [0, 0.1) is 13.8 Å². The average Bonchev–Trinajstić information content (AvgIpc) is 3.23. The Morgan fingerprint density at radius 1 is 1.03 bits per heavy atom. The van der Waals surface area contributed by atoms with Gasteiger partial charge in [-0.05, 0) is 49.9 Å². The van der Waals surface area contributed by atoms with Crippen LogP contribution in [0.3, 0.4) is 0 Å². The highest BCUT2D eigenvalue weighted by Crippen LogP contribution is 2.20. The maximum atomic E-state index is 13.2. The molecule has 0 aliphatic heterocycles. The van der Waals surface area contributed by atoms with Crippen molar-refractivity contribution < 1.29 is 4.79 Å².